The topological polar surface area (TPSA) is 21.3 Å². The second kappa shape index (κ2) is 8.08. The average molecular weight is 227 g/mol. The Morgan fingerprint density at radius 2 is 1.81 bits per heavy atom. The minimum atomic E-state index is 0.401. The fraction of sp³-hybridized carbons (Fsp3) is 1.00. The van der Waals surface area contributed by atoms with E-state index in [1.165, 1.54) is 51.4 Å². The monoisotopic (exact) mass is 227 g/mol. The SMILES string of the molecule is CCCC(OC)C(NC)C1CCCCCC1. The third-order valence-corrected chi connectivity index (χ3v) is 4.02. The summed E-state index contributed by atoms with van der Waals surface area (Å²) in [5.41, 5.74) is 0. The maximum absolute atomic E-state index is 5.68. The van der Waals surface area contributed by atoms with Crippen molar-refractivity contribution in [3.63, 3.8) is 0 Å². The predicted octanol–water partition coefficient (Wildman–Crippen LogP) is 3.36. The minimum Gasteiger partial charge on any atom is -0.380 e. The molecule has 2 nitrogen and oxygen atoms in total. The number of likely N-dealkylation sites (N-methyl/N-ethyl adjacent to an activating group) is 1. The molecule has 0 aliphatic heterocycles. The molecule has 0 aromatic rings. The fourth-order valence-electron chi connectivity index (χ4n) is 3.12. The molecule has 2 atom stereocenters. The average Bonchev–Trinajstić information content (AvgIpc) is 2.58. The van der Waals surface area contributed by atoms with E-state index in [1.54, 1.807) is 0 Å². The fourth-order valence-corrected chi connectivity index (χ4v) is 3.12. The number of methoxy groups -OCH3 is 1. The molecule has 16 heavy (non-hydrogen) atoms. The molecular formula is C14H29NO. The number of rotatable bonds is 6. The zero-order chi connectivity index (χ0) is 11.8. The molecule has 0 radical (unpaired) electrons. The summed E-state index contributed by atoms with van der Waals surface area (Å²) in [6.45, 7) is 2.24. The van der Waals surface area contributed by atoms with E-state index in [-0.39, 0.29) is 0 Å². The van der Waals surface area contributed by atoms with Crippen LogP contribution in [0.15, 0.2) is 0 Å². The maximum Gasteiger partial charge on any atom is 0.0726 e. The van der Waals surface area contributed by atoms with Crippen LogP contribution in [0.4, 0.5) is 0 Å². The first-order valence-corrected chi connectivity index (χ1v) is 7.03. The van der Waals surface area contributed by atoms with Gasteiger partial charge in [0.25, 0.3) is 0 Å². The predicted molar refractivity (Wildman–Crippen MR) is 69.7 cm³/mol. The zero-order valence-electron chi connectivity index (χ0n) is 11.3. The second-order valence-corrected chi connectivity index (χ2v) is 5.13. The lowest BCUT2D eigenvalue weighted by molar-refractivity contribution is 0.0402. The summed E-state index contributed by atoms with van der Waals surface area (Å²) in [4.78, 5) is 0. The van der Waals surface area contributed by atoms with E-state index >= 15 is 0 Å². The number of ether oxygens (including phenoxy) is 1. The molecule has 0 aromatic carbocycles. The minimum absolute atomic E-state index is 0.401. The van der Waals surface area contributed by atoms with Crippen molar-refractivity contribution in [2.45, 2.75) is 70.4 Å². The van der Waals surface area contributed by atoms with Crippen molar-refractivity contribution >= 4 is 0 Å². The molecule has 1 aliphatic carbocycles. The maximum atomic E-state index is 5.68. The van der Waals surface area contributed by atoms with E-state index in [0.717, 1.165) is 5.92 Å². The van der Waals surface area contributed by atoms with E-state index in [2.05, 4.69) is 19.3 Å². The van der Waals surface area contributed by atoms with Crippen molar-refractivity contribution in [2.75, 3.05) is 14.2 Å². The highest BCUT2D eigenvalue weighted by Crippen LogP contribution is 2.28. The van der Waals surface area contributed by atoms with Gasteiger partial charge in [-0.1, -0.05) is 39.0 Å². The Bertz CT molecular complexity index is 164. The first kappa shape index (κ1) is 14.0. The summed E-state index contributed by atoms with van der Waals surface area (Å²) >= 11 is 0. The van der Waals surface area contributed by atoms with Crippen molar-refractivity contribution in [3.8, 4) is 0 Å². The van der Waals surface area contributed by atoms with E-state index in [1.807, 2.05) is 7.11 Å². The Hall–Kier alpha value is -0.0800. The molecular weight excluding hydrogens is 198 g/mol. The Kier molecular flexibility index (Phi) is 7.06. The van der Waals surface area contributed by atoms with Gasteiger partial charge in [0.1, 0.15) is 0 Å². The van der Waals surface area contributed by atoms with Crippen LogP contribution in [0.5, 0.6) is 0 Å². The van der Waals surface area contributed by atoms with Crippen LogP contribution >= 0.6 is 0 Å². The van der Waals surface area contributed by atoms with Crippen LogP contribution in [0, 0.1) is 5.92 Å². The Morgan fingerprint density at radius 3 is 2.25 bits per heavy atom. The third kappa shape index (κ3) is 4.06. The lowest BCUT2D eigenvalue weighted by Gasteiger charge is -2.32. The van der Waals surface area contributed by atoms with Crippen LogP contribution in [0.2, 0.25) is 0 Å². The molecule has 1 N–H and O–H groups in total. The van der Waals surface area contributed by atoms with Crippen LogP contribution in [-0.2, 0) is 4.74 Å². The zero-order valence-corrected chi connectivity index (χ0v) is 11.3. The van der Waals surface area contributed by atoms with Crippen LogP contribution in [0.3, 0.4) is 0 Å². The van der Waals surface area contributed by atoms with Gasteiger partial charge in [-0.3, -0.25) is 0 Å². The molecule has 2 heteroatoms. The first-order valence-electron chi connectivity index (χ1n) is 7.03. The molecule has 1 fully saturated rings. The van der Waals surface area contributed by atoms with Gasteiger partial charge >= 0.3 is 0 Å². The molecule has 1 saturated carbocycles. The highest BCUT2D eigenvalue weighted by atomic mass is 16.5. The van der Waals surface area contributed by atoms with Gasteiger partial charge in [0, 0.05) is 13.2 Å². The summed E-state index contributed by atoms with van der Waals surface area (Å²) < 4.78 is 5.68. The molecule has 1 aliphatic rings. The molecule has 0 saturated heterocycles. The highest BCUT2D eigenvalue weighted by Gasteiger charge is 2.28. The summed E-state index contributed by atoms with van der Waals surface area (Å²) in [7, 11) is 3.96. The normalized spacial score (nSPS) is 22.7. The lowest BCUT2D eigenvalue weighted by Crippen LogP contribution is -2.44. The molecule has 0 bridgehead atoms. The van der Waals surface area contributed by atoms with Gasteiger partial charge < -0.3 is 10.1 Å². The summed E-state index contributed by atoms with van der Waals surface area (Å²) in [6.07, 6.45) is 11.2. The quantitative estimate of drug-likeness (QED) is 0.703. The van der Waals surface area contributed by atoms with Gasteiger partial charge in [0.15, 0.2) is 0 Å². The van der Waals surface area contributed by atoms with Crippen LogP contribution < -0.4 is 5.32 Å². The van der Waals surface area contributed by atoms with Crippen molar-refractivity contribution in [1.82, 2.24) is 5.32 Å². The van der Waals surface area contributed by atoms with E-state index in [9.17, 15) is 0 Å². The standard InChI is InChI=1S/C14H29NO/c1-4-9-13(16-3)14(15-2)12-10-7-5-6-8-11-12/h12-15H,4-11H2,1-3H3. The Morgan fingerprint density at radius 1 is 1.19 bits per heavy atom. The molecule has 1 rings (SSSR count). The van der Waals surface area contributed by atoms with Gasteiger partial charge in [0.2, 0.25) is 0 Å². The molecule has 0 amide bonds. The summed E-state index contributed by atoms with van der Waals surface area (Å²) in [5.74, 6) is 0.823. The number of hydrogen-bond donors (Lipinski definition) is 1. The molecule has 0 heterocycles. The molecule has 0 spiro atoms. The van der Waals surface area contributed by atoms with E-state index in [0.29, 0.717) is 12.1 Å². The van der Waals surface area contributed by atoms with Crippen LogP contribution in [-0.4, -0.2) is 26.3 Å². The second-order valence-electron chi connectivity index (χ2n) is 5.13. The van der Waals surface area contributed by atoms with Gasteiger partial charge in [-0.25, -0.2) is 0 Å². The highest BCUT2D eigenvalue weighted by molar-refractivity contribution is 4.84. The lowest BCUT2D eigenvalue weighted by atomic mass is 9.87. The summed E-state index contributed by atoms with van der Waals surface area (Å²) in [6, 6.07) is 0.558. The van der Waals surface area contributed by atoms with Gasteiger partial charge in [-0.15, -0.1) is 0 Å². The molecule has 0 aromatic heterocycles. The van der Waals surface area contributed by atoms with Crippen LogP contribution in [0.25, 0.3) is 0 Å². The van der Waals surface area contributed by atoms with E-state index < -0.39 is 0 Å². The first-order chi connectivity index (χ1) is 7.83. The van der Waals surface area contributed by atoms with Gasteiger partial charge in [0.05, 0.1) is 6.10 Å². The summed E-state index contributed by atoms with van der Waals surface area (Å²) in [5, 5.41) is 3.51. The number of nitrogens with one attached hydrogen (secondary N) is 1. The van der Waals surface area contributed by atoms with E-state index in [4.69, 9.17) is 4.74 Å². The molecule has 2 unspecified atom stereocenters. The van der Waals surface area contributed by atoms with Crippen molar-refractivity contribution < 1.29 is 4.74 Å². The largest absolute Gasteiger partial charge is 0.380 e. The van der Waals surface area contributed by atoms with Crippen molar-refractivity contribution in [2.24, 2.45) is 5.92 Å². The smallest absolute Gasteiger partial charge is 0.0726 e. The Balaban J connectivity index is 2.54. The van der Waals surface area contributed by atoms with Gasteiger partial charge in [-0.05, 0) is 32.2 Å². The molecule has 96 valence electrons. The number of hydrogen-bond acceptors (Lipinski definition) is 2. The van der Waals surface area contributed by atoms with Crippen LogP contribution in [0.1, 0.15) is 58.3 Å². The van der Waals surface area contributed by atoms with Gasteiger partial charge in [-0.2, -0.15) is 0 Å². The Labute approximate surface area is 101 Å². The van der Waals surface area contributed by atoms with Crippen molar-refractivity contribution in [1.29, 1.82) is 0 Å². The van der Waals surface area contributed by atoms with Crippen molar-refractivity contribution in [3.05, 3.63) is 0 Å². The third-order valence-electron chi connectivity index (χ3n) is 4.02.